The van der Waals surface area contributed by atoms with E-state index in [2.05, 4.69) is 4.98 Å². The summed E-state index contributed by atoms with van der Waals surface area (Å²) in [5.41, 5.74) is 8.67. The fourth-order valence-corrected chi connectivity index (χ4v) is 1.67. The van der Waals surface area contributed by atoms with Crippen LogP contribution >= 0.6 is 0 Å². The first kappa shape index (κ1) is 10.2. The number of rotatable bonds is 1. The number of oxazole rings is 1. The third-order valence-electron chi connectivity index (χ3n) is 2.45. The van der Waals surface area contributed by atoms with Gasteiger partial charge in [0.2, 0.25) is 17.5 Å². The maximum absolute atomic E-state index is 8.76. The zero-order chi connectivity index (χ0) is 11.7. The second kappa shape index (κ2) is 3.70. The minimum absolute atomic E-state index is 0.0696. The van der Waals surface area contributed by atoms with E-state index < -0.39 is 0 Å². The summed E-state index contributed by atoms with van der Waals surface area (Å²) < 4.78 is 5.30. The lowest BCUT2D eigenvalue weighted by Crippen LogP contribution is -1.87. The smallest absolute Gasteiger partial charge is 0.230 e. The third kappa shape index (κ3) is 1.52. The van der Waals surface area contributed by atoms with Crippen molar-refractivity contribution in [1.82, 2.24) is 4.98 Å². The van der Waals surface area contributed by atoms with E-state index in [1.807, 2.05) is 38.1 Å². The number of nitrogens with two attached hydrogens (primary N) is 1. The highest BCUT2D eigenvalue weighted by molar-refractivity contribution is 5.65. The molecule has 0 radical (unpaired) electrons. The van der Waals surface area contributed by atoms with Crippen molar-refractivity contribution in [2.24, 2.45) is 0 Å². The summed E-state index contributed by atoms with van der Waals surface area (Å²) in [6, 6.07) is 7.79. The molecule has 4 heteroatoms. The summed E-state index contributed by atoms with van der Waals surface area (Å²) in [5, 5.41) is 8.76. The van der Waals surface area contributed by atoms with Gasteiger partial charge in [0.25, 0.3) is 0 Å². The van der Waals surface area contributed by atoms with Crippen molar-refractivity contribution in [3.63, 3.8) is 0 Å². The summed E-state index contributed by atoms with van der Waals surface area (Å²) in [6.45, 7) is 3.93. The number of hydrogen-bond acceptors (Lipinski definition) is 4. The SMILES string of the molecule is Cc1cccc(C)c1-c1nc(C#N)c(N)o1. The van der Waals surface area contributed by atoms with Crippen molar-refractivity contribution in [3.8, 4) is 17.5 Å². The molecule has 0 aliphatic heterocycles. The quantitative estimate of drug-likeness (QED) is 0.789. The van der Waals surface area contributed by atoms with Crippen molar-refractivity contribution < 1.29 is 4.42 Å². The normalized spacial score (nSPS) is 10.1. The van der Waals surface area contributed by atoms with Crippen LogP contribution in [0.15, 0.2) is 22.6 Å². The number of anilines is 1. The van der Waals surface area contributed by atoms with Crippen LogP contribution in [0.4, 0.5) is 5.88 Å². The van der Waals surface area contributed by atoms with Gasteiger partial charge in [-0.25, -0.2) is 0 Å². The Morgan fingerprint density at radius 3 is 2.44 bits per heavy atom. The number of nitriles is 1. The molecule has 80 valence electrons. The summed E-state index contributed by atoms with van der Waals surface area (Å²) in [7, 11) is 0. The molecule has 0 saturated heterocycles. The Hall–Kier alpha value is -2.28. The van der Waals surface area contributed by atoms with Gasteiger partial charge in [-0.3, -0.25) is 0 Å². The van der Waals surface area contributed by atoms with Gasteiger partial charge in [0.05, 0.1) is 0 Å². The van der Waals surface area contributed by atoms with Crippen LogP contribution in [0.2, 0.25) is 0 Å². The second-order valence-electron chi connectivity index (χ2n) is 3.61. The van der Waals surface area contributed by atoms with Crippen LogP contribution in [0.25, 0.3) is 11.5 Å². The van der Waals surface area contributed by atoms with Crippen molar-refractivity contribution in [3.05, 3.63) is 35.0 Å². The molecule has 0 unspecified atom stereocenters. The number of aromatic nitrogens is 1. The first-order chi connectivity index (χ1) is 7.63. The zero-order valence-electron chi connectivity index (χ0n) is 9.11. The van der Waals surface area contributed by atoms with Gasteiger partial charge in [-0.15, -0.1) is 0 Å². The van der Waals surface area contributed by atoms with Gasteiger partial charge >= 0.3 is 0 Å². The lowest BCUT2D eigenvalue weighted by atomic mass is 10.0. The Labute approximate surface area is 93.3 Å². The van der Waals surface area contributed by atoms with Crippen LogP contribution in [0.5, 0.6) is 0 Å². The molecule has 0 aliphatic carbocycles. The molecule has 0 bridgehead atoms. The van der Waals surface area contributed by atoms with Gasteiger partial charge < -0.3 is 10.2 Å². The summed E-state index contributed by atoms with van der Waals surface area (Å²) in [5.74, 6) is 0.477. The summed E-state index contributed by atoms with van der Waals surface area (Å²) >= 11 is 0. The van der Waals surface area contributed by atoms with Gasteiger partial charge in [-0.2, -0.15) is 10.2 Å². The van der Waals surface area contributed by atoms with E-state index in [1.165, 1.54) is 0 Å². The van der Waals surface area contributed by atoms with Gasteiger partial charge in [-0.1, -0.05) is 18.2 Å². The summed E-state index contributed by atoms with van der Waals surface area (Å²) in [4.78, 5) is 4.07. The number of hydrogen-bond donors (Lipinski definition) is 1. The molecule has 0 saturated carbocycles. The molecule has 1 heterocycles. The van der Waals surface area contributed by atoms with E-state index in [0.29, 0.717) is 5.89 Å². The fraction of sp³-hybridized carbons (Fsp3) is 0.167. The lowest BCUT2D eigenvalue weighted by molar-refractivity contribution is 0.592. The van der Waals surface area contributed by atoms with E-state index in [1.54, 1.807) is 0 Å². The van der Waals surface area contributed by atoms with Gasteiger partial charge in [-0.05, 0) is 25.0 Å². The number of nitrogen functional groups attached to an aromatic ring is 1. The Balaban J connectivity index is 2.64. The fourth-order valence-electron chi connectivity index (χ4n) is 1.67. The zero-order valence-corrected chi connectivity index (χ0v) is 9.11. The number of benzene rings is 1. The molecule has 2 aromatic rings. The minimum atomic E-state index is 0.0696. The molecule has 16 heavy (non-hydrogen) atoms. The molecule has 0 spiro atoms. The average Bonchev–Trinajstić information content (AvgIpc) is 2.59. The van der Waals surface area contributed by atoms with E-state index in [9.17, 15) is 0 Å². The van der Waals surface area contributed by atoms with Crippen molar-refractivity contribution in [2.75, 3.05) is 5.73 Å². The Morgan fingerprint density at radius 1 is 1.31 bits per heavy atom. The van der Waals surface area contributed by atoms with Crippen LogP contribution in [0.1, 0.15) is 16.8 Å². The van der Waals surface area contributed by atoms with Crippen LogP contribution < -0.4 is 5.73 Å². The van der Waals surface area contributed by atoms with E-state index in [4.69, 9.17) is 15.4 Å². The molecule has 0 fully saturated rings. The average molecular weight is 213 g/mol. The van der Waals surface area contributed by atoms with Gasteiger partial charge in [0.15, 0.2) is 0 Å². The molecule has 2 rings (SSSR count). The molecule has 0 amide bonds. The maximum atomic E-state index is 8.76. The first-order valence-electron chi connectivity index (χ1n) is 4.86. The first-order valence-corrected chi connectivity index (χ1v) is 4.86. The molecule has 1 aromatic carbocycles. The molecule has 1 aromatic heterocycles. The van der Waals surface area contributed by atoms with Crippen molar-refractivity contribution >= 4 is 5.88 Å². The molecular formula is C12H11N3O. The highest BCUT2D eigenvalue weighted by Crippen LogP contribution is 2.28. The number of nitrogens with zero attached hydrogens (tertiary/aromatic N) is 2. The highest BCUT2D eigenvalue weighted by atomic mass is 16.4. The minimum Gasteiger partial charge on any atom is -0.419 e. The van der Waals surface area contributed by atoms with Crippen molar-refractivity contribution in [2.45, 2.75) is 13.8 Å². The van der Waals surface area contributed by atoms with E-state index in [0.717, 1.165) is 16.7 Å². The topological polar surface area (TPSA) is 75.8 Å². The largest absolute Gasteiger partial charge is 0.419 e. The molecule has 2 N–H and O–H groups in total. The standard InChI is InChI=1S/C12H11N3O/c1-7-4-3-5-8(2)10(7)12-15-9(6-13)11(14)16-12/h3-5H,14H2,1-2H3. The summed E-state index contributed by atoms with van der Waals surface area (Å²) in [6.07, 6.45) is 0. The highest BCUT2D eigenvalue weighted by Gasteiger charge is 2.15. The van der Waals surface area contributed by atoms with Crippen LogP contribution in [0, 0.1) is 25.2 Å². The van der Waals surface area contributed by atoms with Gasteiger partial charge in [0, 0.05) is 5.56 Å². The molecule has 4 nitrogen and oxygen atoms in total. The maximum Gasteiger partial charge on any atom is 0.230 e. The van der Waals surface area contributed by atoms with Crippen LogP contribution in [-0.2, 0) is 0 Å². The van der Waals surface area contributed by atoms with Crippen LogP contribution in [0.3, 0.4) is 0 Å². The Bertz CT molecular complexity index is 558. The van der Waals surface area contributed by atoms with Crippen molar-refractivity contribution in [1.29, 1.82) is 5.26 Å². The van der Waals surface area contributed by atoms with E-state index in [-0.39, 0.29) is 11.6 Å². The van der Waals surface area contributed by atoms with Crippen LogP contribution in [-0.4, -0.2) is 4.98 Å². The van der Waals surface area contributed by atoms with E-state index >= 15 is 0 Å². The predicted molar refractivity (Wildman–Crippen MR) is 60.5 cm³/mol. The lowest BCUT2D eigenvalue weighted by Gasteiger charge is -2.04. The number of aryl methyl sites for hydroxylation is 2. The monoisotopic (exact) mass is 213 g/mol. The van der Waals surface area contributed by atoms with Gasteiger partial charge in [0.1, 0.15) is 6.07 Å². The molecule has 0 aliphatic rings. The third-order valence-corrected chi connectivity index (χ3v) is 2.45. The predicted octanol–water partition coefficient (Wildman–Crippen LogP) is 2.41. The molecular weight excluding hydrogens is 202 g/mol. The Kier molecular flexibility index (Phi) is 2.37. The second-order valence-corrected chi connectivity index (χ2v) is 3.61. The molecule has 0 atom stereocenters. The Morgan fingerprint density at radius 2 is 1.94 bits per heavy atom.